The van der Waals surface area contributed by atoms with Gasteiger partial charge in [0.25, 0.3) is 0 Å². The minimum atomic E-state index is -0.238. The van der Waals surface area contributed by atoms with E-state index in [0.717, 1.165) is 0 Å². The molecule has 0 aliphatic rings. The molecule has 130 valence electrons. The molecule has 1 atom stereocenters. The Morgan fingerprint density at radius 1 is 0.750 bits per heavy atom. The van der Waals surface area contributed by atoms with Crippen LogP contribution in [0.3, 0.4) is 0 Å². The lowest BCUT2D eigenvalue weighted by Gasteiger charge is -2.24. The van der Waals surface area contributed by atoms with E-state index in [1.165, 1.54) is 50.3 Å². The van der Waals surface area contributed by atoms with Crippen LogP contribution in [0.15, 0.2) is 42.5 Å². The monoisotopic (exact) mass is 340 g/mol. The van der Waals surface area contributed by atoms with Crippen molar-refractivity contribution < 1.29 is 0 Å². The number of benzene rings is 2. The van der Waals surface area contributed by atoms with Crippen molar-refractivity contribution in [3.05, 3.63) is 59.2 Å². The van der Waals surface area contributed by atoms with Crippen LogP contribution in [0.4, 0.5) is 0 Å². The first kappa shape index (κ1) is 19.2. The van der Waals surface area contributed by atoms with Crippen molar-refractivity contribution >= 4 is 18.5 Å². The minimum Gasteiger partial charge on any atom is -0.0654 e. The van der Waals surface area contributed by atoms with Gasteiger partial charge in [-0.15, -0.1) is 0 Å². The normalized spacial score (nSPS) is 12.3. The zero-order valence-corrected chi connectivity index (χ0v) is 16.8. The second-order valence-electron chi connectivity index (χ2n) is 6.65. The summed E-state index contributed by atoms with van der Waals surface area (Å²) in [5, 5.41) is 3.21. The molecule has 0 radical (unpaired) electrons. The summed E-state index contributed by atoms with van der Waals surface area (Å²) in [6, 6.07) is 16.1. The fraction of sp³-hybridized carbons (Fsp3) is 0.478. The molecule has 0 aliphatic heterocycles. The lowest BCUT2D eigenvalue weighted by Crippen LogP contribution is -2.20. The van der Waals surface area contributed by atoms with Crippen LogP contribution in [0.1, 0.15) is 63.1 Å². The van der Waals surface area contributed by atoms with Crippen LogP contribution >= 0.6 is 7.92 Å². The zero-order chi connectivity index (χ0) is 17.4. The molecule has 2 aromatic carbocycles. The van der Waals surface area contributed by atoms with Gasteiger partial charge in [0.1, 0.15) is 0 Å². The number of rotatable bonds is 9. The summed E-state index contributed by atoms with van der Waals surface area (Å²) in [6.07, 6.45) is 8.87. The summed E-state index contributed by atoms with van der Waals surface area (Å²) < 4.78 is 0. The van der Waals surface area contributed by atoms with Crippen molar-refractivity contribution in [2.45, 2.75) is 66.2 Å². The van der Waals surface area contributed by atoms with Crippen LogP contribution in [0, 0.1) is 6.92 Å². The van der Waals surface area contributed by atoms with E-state index in [2.05, 4.69) is 70.2 Å². The molecule has 0 nitrogen and oxygen atoms in total. The van der Waals surface area contributed by atoms with Gasteiger partial charge in [-0.05, 0) is 74.0 Å². The lowest BCUT2D eigenvalue weighted by atomic mass is 9.98. The molecule has 0 N–H and O–H groups in total. The molecule has 2 aromatic rings. The van der Waals surface area contributed by atoms with Crippen molar-refractivity contribution in [2.24, 2.45) is 0 Å². The van der Waals surface area contributed by atoms with Crippen molar-refractivity contribution in [1.82, 2.24) is 0 Å². The molecule has 0 saturated heterocycles. The molecule has 0 spiro atoms. The van der Waals surface area contributed by atoms with Crippen LogP contribution in [0.5, 0.6) is 0 Å². The molecule has 0 amide bonds. The van der Waals surface area contributed by atoms with E-state index in [1.807, 2.05) is 0 Å². The summed E-state index contributed by atoms with van der Waals surface area (Å²) in [5.74, 6) is 0. The standard InChI is InChI=1S/C23H33P/c1-5-8-14-20-15-12-18-23(21(20)16-9-6-2)24(7-3)22-17-11-10-13-19(22)4/h10-13,15,17-18H,5-9,14,16H2,1-4H3. The average Bonchev–Trinajstić information content (AvgIpc) is 2.61. The SMILES string of the molecule is CCCCc1cccc(P(CC)c2ccccc2C)c1CCCC. The van der Waals surface area contributed by atoms with Gasteiger partial charge in [0, 0.05) is 0 Å². The van der Waals surface area contributed by atoms with Crippen molar-refractivity contribution in [2.75, 3.05) is 6.16 Å². The third kappa shape index (κ3) is 4.70. The number of aryl methyl sites for hydroxylation is 2. The largest absolute Gasteiger partial charge is 0.0654 e. The maximum Gasteiger partial charge on any atom is -0.0161 e. The summed E-state index contributed by atoms with van der Waals surface area (Å²) in [5.41, 5.74) is 4.73. The van der Waals surface area contributed by atoms with E-state index < -0.39 is 0 Å². The van der Waals surface area contributed by atoms with E-state index in [0.29, 0.717) is 0 Å². The first-order chi connectivity index (χ1) is 11.7. The van der Waals surface area contributed by atoms with Gasteiger partial charge in [-0.1, -0.05) is 76.1 Å². The van der Waals surface area contributed by atoms with Gasteiger partial charge < -0.3 is 0 Å². The van der Waals surface area contributed by atoms with E-state index in [4.69, 9.17) is 0 Å². The first-order valence-corrected chi connectivity index (χ1v) is 11.2. The molecular formula is C23H33P. The third-order valence-electron chi connectivity index (χ3n) is 4.84. The van der Waals surface area contributed by atoms with Crippen LogP contribution in [-0.2, 0) is 12.8 Å². The Labute approximate surface area is 150 Å². The highest BCUT2D eigenvalue weighted by molar-refractivity contribution is 7.73. The number of unbranched alkanes of at least 4 members (excludes halogenated alkanes) is 2. The van der Waals surface area contributed by atoms with Gasteiger partial charge in [0.05, 0.1) is 0 Å². The second kappa shape index (κ2) is 10.00. The van der Waals surface area contributed by atoms with Crippen LogP contribution in [0.2, 0.25) is 0 Å². The van der Waals surface area contributed by atoms with E-state index in [-0.39, 0.29) is 7.92 Å². The minimum absolute atomic E-state index is 0.238. The maximum absolute atomic E-state index is 2.42. The molecule has 0 saturated carbocycles. The number of hydrogen-bond donors (Lipinski definition) is 0. The second-order valence-corrected chi connectivity index (χ2v) is 9.10. The molecule has 0 aromatic heterocycles. The molecule has 1 heteroatoms. The Hall–Kier alpha value is -1.13. The highest BCUT2D eigenvalue weighted by Crippen LogP contribution is 2.36. The quantitative estimate of drug-likeness (QED) is 0.481. The highest BCUT2D eigenvalue weighted by atomic mass is 31.1. The lowest BCUT2D eigenvalue weighted by molar-refractivity contribution is 0.761. The fourth-order valence-corrected chi connectivity index (χ4v) is 6.01. The van der Waals surface area contributed by atoms with Gasteiger partial charge >= 0.3 is 0 Å². The van der Waals surface area contributed by atoms with Crippen LogP contribution < -0.4 is 10.6 Å². The van der Waals surface area contributed by atoms with Crippen molar-refractivity contribution in [1.29, 1.82) is 0 Å². The summed E-state index contributed by atoms with van der Waals surface area (Å²) in [4.78, 5) is 0. The van der Waals surface area contributed by atoms with Crippen LogP contribution in [0.25, 0.3) is 0 Å². The van der Waals surface area contributed by atoms with E-state index in [1.54, 1.807) is 21.7 Å². The van der Waals surface area contributed by atoms with Gasteiger partial charge in [-0.25, -0.2) is 0 Å². The zero-order valence-electron chi connectivity index (χ0n) is 15.9. The third-order valence-corrected chi connectivity index (χ3v) is 7.56. The number of hydrogen-bond acceptors (Lipinski definition) is 0. The van der Waals surface area contributed by atoms with Gasteiger partial charge in [-0.2, -0.15) is 0 Å². The van der Waals surface area contributed by atoms with Gasteiger partial charge in [0.15, 0.2) is 0 Å². The molecule has 0 fully saturated rings. The van der Waals surface area contributed by atoms with Gasteiger partial charge in [-0.3, -0.25) is 0 Å². The Morgan fingerprint density at radius 3 is 2.08 bits per heavy atom. The summed E-state index contributed by atoms with van der Waals surface area (Å²) in [7, 11) is -0.238. The average molecular weight is 340 g/mol. The van der Waals surface area contributed by atoms with Crippen molar-refractivity contribution in [3.8, 4) is 0 Å². The predicted molar refractivity (Wildman–Crippen MR) is 112 cm³/mol. The molecule has 0 heterocycles. The Bertz CT molecular complexity index is 630. The van der Waals surface area contributed by atoms with Crippen LogP contribution in [-0.4, -0.2) is 6.16 Å². The molecule has 1 unspecified atom stereocenters. The molecule has 2 rings (SSSR count). The maximum atomic E-state index is 2.42. The Balaban J connectivity index is 2.47. The van der Waals surface area contributed by atoms with E-state index in [9.17, 15) is 0 Å². The topological polar surface area (TPSA) is 0 Å². The first-order valence-electron chi connectivity index (χ1n) is 9.66. The molecule has 0 bridgehead atoms. The Kier molecular flexibility index (Phi) is 8.00. The van der Waals surface area contributed by atoms with Crippen molar-refractivity contribution in [3.63, 3.8) is 0 Å². The van der Waals surface area contributed by atoms with Gasteiger partial charge in [0.2, 0.25) is 0 Å². The smallest absolute Gasteiger partial charge is 0.0161 e. The fourth-order valence-electron chi connectivity index (χ4n) is 3.45. The molecule has 0 aliphatic carbocycles. The predicted octanol–water partition coefficient (Wildman–Crippen LogP) is 6.13. The molecule has 24 heavy (non-hydrogen) atoms. The summed E-state index contributed by atoms with van der Waals surface area (Å²) in [6.45, 7) is 9.23. The highest BCUT2D eigenvalue weighted by Gasteiger charge is 2.18. The van der Waals surface area contributed by atoms with E-state index >= 15 is 0 Å². The Morgan fingerprint density at radius 2 is 1.42 bits per heavy atom. The summed E-state index contributed by atoms with van der Waals surface area (Å²) >= 11 is 0. The molecular weight excluding hydrogens is 307 g/mol.